The zero-order valence-corrected chi connectivity index (χ0v) is 7.22. The first-order chi connectivity index (χ1) is 6.36. The van der Waals surface area contributed by atoms with Crippen LogP contribution in [0.4, 0.5) is 35.1 Å². The fraction of sp³-hybridized carbons (Fsp3) is 1.00. The van der Waals surface area contributed by atoms with Crippen LogP contribution in [0, 0.1) is 0 Å². The second-order valence-electron chi connectivity index (χ2n) is 2.82. The second-order valence-corrected chi connectivity index (χ2v) is 2.82. The number of hydrogen-bond acceptors (Lipinski definition) is 1. The van der Waals surface area contributed by atoms with Crippen LogP contribution in [0.5, 0.6) is 0 Å². The highest BCUT2D eigenvalue weighted by atomic mass is 19.4. The standard InChI is InChI=1S/C6H6F8O/c1-4(8,9)2-15-6(13,14)3(7)5(10,11)12/h3H,2H2,1H3. The van der Waals surface area contributed by atoms with E-state index >= 15 is 0 Å². The molecule has 0 aromatic carbocycles. The third-order valence-electron chi connectivity index (χ3n) is 1.10. The normalized spacial score (nSPS) is 16.6. The molecule has 1 atom stereocenters. The molecule has 0 bridgehead atoms. The molecular formula is C6H6F8O. The number of halogens is 8. The average molecular weight is 246 g/mol. The van der Waals surface area contributed by atoms with Crippen LogP contribution in [0.3, 0.4) is 0 Å². The molecule has 0 amide bonds. The van der Waals surface area contributed by atoms with E-state index in [0.29, 0.717) is 0 Å². The van der Waals surface area contributed by atoms with E-state index in [4.69, 9.17) is 0 Å². The number of ether oxygens (including phenoxy) is 1. The molecule has 0 spiro atoms. The molecule has 0 aliphatic heterocycles. The lowest BCUT2D eigenvalue weighted by Crippen LogP contribution is -2.45. The van der Waals surface area contributed by atoms with E-state index in [2.05, 4.69) is 4.74 Å². The summed E-state index contributed by atoms with van der Waals surface area (Å²) in [6.45, 7) is -1.86. The maximum Gasteiger partial charge on any atom is 0.428 e. The molecule has 92 valence electrons. The van der Waals surface area contributed by atoms with Crippen LogP contribution in [0.25, 0.3) is 0 Å². The molecule has 0 saturated heterocycles. The topological polar surface area (TPSA) is 9.23 Å². The van der Waals surface area contributed by atoms with Gasteiger partial charge in [-0.2, -0.15) is 22.0 Å². The average Bonchev–Trinajstić information content (AvgIpc) is 1.97. The maximum atomic E-state index is 12.2. The predicted octanol–water partition coefficient (Wildman–Crippen LogP) is 3.15. The Morgan fingerprint density at radius 2 is 1.40 bits per heavy atom. The molecule has 9 heteroatoms. The van der Waals surface area contributed by atoms with Crippen LogP contribution in [-0.2, 0) is 4.74 Å². The van der Waals surface area contributed by atoms with Crippen LogP contribution in [0.15, 0.2) is 0 Å². The summed E-state index contributed by atoms with van der Waals surface area (Å²) >= 11 is 0. The lowest BCUT2D eigenvalue weighted by molar-refractivity contribution is -0.345. The highest BCUT2D eigenvalue weighted by Gasteiger charge is 2.58. The van der Waals surface area contributed by atoms with Crippen LogP contribution < -0.4 is 0 Å². The van der Waals surface area contributed by atoms with Gasteiger partial charge in [-0.1, -0.05) is 0 Å². The van der Waals surface area contributed by atoms with E-state index in [-0.39, 0.29) is 6.92 Å². The lowest BCUT2D eigenvalue weighted by atomic mass is 10.3. The summed E-state index contributed by atoms with van der Waals surface area (Å²) in [5, 5.41) is 0. The molecule has 0 rings (SSSR count). The van der Waals surface area contributed by atoms with E-state index in [1.807, 2.05) is 0 Å². The summed E-state index contributed by atoms with van der Waals surface area (Å²) in [4.78, 5) is 0. The summed E-state index contributed by atoms with van der Waals surface area (Å²) < 4.78 is 97.5. The molecule has 1 nitrogen and oxygen atoms in total. The summed E-state index contributed by atoms with van der Waals surface area (Å²) in [6, 6.07) is 0. The molecule has 0 fully saturated rings. The van der Waals surface area contributed by atoms with Crippen molar-refractivity contribution in [3.05, 3.63) is 0 Å². The largest absolute Gasteiger partial charge is 0.428 e. The fourth-order valence-corrected chi connectivity index (χ4v) is 0.487. The van der Waals surface area contributed by atoms with Crippen molar-refractivity contribution in [3.8, 4) is 0 Å². The van der Waals surface area contributed by atoms with Gasteiger partial charge in [-0.3, -0.25) is 0 Å². The van der Waals surface area contributed by atoms with Crippen molar-refractivity contribution in [1.29, 1.82) is 0 Å². The van der Waals surface area contributed by atoms with Crippen molar-refractivity contribution in [2.75, 3.05) is 6.61 Å². The number of alkyl halides is 8. The van der Waals surface area contributed by atoms with Gasteiger partial charge in [-0.05, 0) is 0 Å². The van der Waals surface area contributed by atoms with Crippen LogP contribution in [0.2, 0.25) is 0 Å². The van der Waals surface area contributed by atoms with E-state index < -0.39 is 31.0 Å². The fourth-order valence-electron chi connectivity index (χ4n) is 0.487. The minimum absolute atomic E-state index is 0.143. The van der Waals surface area contributed by atoms with Crippen molar-refractivity contribution in [3.63, 3.8) is 0 Å². The van der Waals surface area contributed by atoms with Gasteiger partial charge in [-0.15, -0.1) is 0 Å². The first-order valence-corrected chi connectivity index (χ1v) is 3.46. The summed E-state index contributed by atoms with van der Waals surface area (Å²) in [5.41, 5.74) is 0. The Bertz CT molecular complexity index is 204. The highest BCUT2D eigenvalue weighted by Crippen LogP contribution is 2.36. The molecule has 0 heterocycles. The number of hydrogen-bond donors (Lipinski definition) is 0. The Kier molecular flexibility index (Phi) is 3.94. The quantitative estimate of drug-likeness (QED) is 0.692. The van der Waals surface area contributed by atoms with Crippen molar-refractivity contribution in [2.45, 2.75) is 31.3 Å². The van der Waals surface area contributed by atoms with Crippen LogP contribution in [-0.4, -0.2) is 31.0 Å². The third-order valence-corrected chi connectivity index (χ3v) is 1.10. The van der Waals surface area contributed by atoms with Gasteiger partial charge in [0.25, 0.3) is 12.1 Å². The molecule has 0 radical (unpaired) electrons. The van der Waals surface area contributed by atoms with Gasteiger partial charge >= 0.3 is 12.3 Å². The Balaban J connectivity index is 4.43. The van der Waals surface area contributed by atoms with Crippen molar-refractivity contribution in [1.82, 2.24) is 0 Å². The molecule has 1 unspecified atom stereocenters. The molecule has 0 saturated carbocycles. The Labute approximate surface area is 79.0 Å². The first kappa shape index (κ1) is 14.4. The summed E-state index contributed by atoms with van der Waals surface area (Å²) in [6.07, 6.45) is -15.8. The van der Waals surface area contributed by atoms with Crippen LogP contribution in [0.1, 0.15) is 6.92 Å². The van der Waals surface area contributed by atoms with Gasteiger partial charge < -0.3 is 4.74 Å². The molecule has 0 N–H and O–H groups in total. The molecular weight excluding hydrogens is 240 g/mol. The van der Waals surface area contributed by atoms with Crippen LogP contribution >= 0.6 is 0 Å². The predicted molar refractivity (Wildman–Crippen MR) is 32.5 cm³/mol. The van der Waals surface area contributed by atoms with E-state index in [9.17, 15) is 35.1 Å². The zero-order chi connectivity index (χ0) is 12.5. The molecule has 0 aromatic rings. The Hall–Kier alpha value is -0.600. The SMILES string of the molecule is CC(F)(F)COC(F)(F)C(F)C(F)(F)F. The third kappa shape index (κ3) is 5.14. The van der Waals surface area contributed by atoms with Gasteiger partial charge in [0.15, 0.2) is 0 Å². The Morgan fingerprint density at radius 3 is 1.67 bits per heavy atom. The van der Waals surface area contributed by atoms with E-state index in [0.717, 1.165) is 0 Å². The molecule has 0 aromatic heterocycles. The smallest absolute Gasteiger partial charge is 0.312 e. The van der Waals surface area contributed by atoms with Gasteiger partial charge in [0.1, 0.15) is 6.61 Å². The first-order valence-electron chi connectivity index (χ1n) is 3.46. The van der Waals surface area contributed by atoms with Crippen molar-refractivity contribution in [2.24, 2.45) is 0 Å². The Morgan fingerprint density at radius 1 is 1.00 bits per heavy atom. The molecule has 15 heavy (non-hydrogen) atoms. The summed E-state index contributed by atoms with van der Waals surface area (Å²) in [7, 11) is 0. The van der Waals surface area contributed by atoms with Gasteiger partial charge in [0, 0.05) is 6.92 Å². The minimum atomic E-state index is -5.87. The minimum Gasteiger partial charge on any atom is -0.312 e. The van der Waals surface area contributed by atoms with Crippen molar-refractivity contribution < 1.29 is 39.9 Å². The highest BCUT2D eigenvalue weighted by molar-refractivity contribution is 4.76. The second kappa shape index (κ2) is 4.11. The van der Waals surface area contributed by atoms with Gasteiger partial charge in [-0.25, -0.2) is 13.2 Å². The molecule has 0 aliphatic carbocycles. The summed E-state index contributed by atoms with van der Waals surface area (Å²) in [5.74, 6) is -3.77. The van der Waals surface area contributed by atoms with E-state index in [1.54, 1.807) is 0 Å². The lowest BCUT2D eigenvalue weighted by Gasteiger charge is -2.23. The number of rotatable bonds is 4. The zero-order valence-electron chi connectivity index (χ0n) is 7.22. The van der Waals surface area contributed by atoms with E-state index in [1.165, 1.54) is 0 Å². The monoisotopic (exact) mass is 246 g/mol. The van der Waals surface area contributed by atoms with Gasteiger partial charge in [0.05, 0.1) is 0 Å². The van der Waals surface area contributed by atoms with Crippen molar-refractivity contribution >= 4 is 0 Å². The maximum absolute atomic E-state index is 12.2. The molecule has 0 aliphatic rings. The van der Waals surface area contributed by atoms with Gasteiger partial charge in [0.2, 0.25) is 0 Å².